The van der Waals surface area contributed by atoms with Crippen LogP contribution in [-0.2, 0) is 16.2 Å². The molecule has 1 aliphatic heterocycles. The molecule has 6 heteroatoms. The fourth-order valence-electron chi connectivity index (χ4n) is 3.29. The third-order valence-electron chi connectivity index (χ3n) is 4.69. The van der Waals surface area contributed by atoms with Gasteiger partial charge in [-0.05, 0) is 35.2 Å². The summed E-state index contributed by atoms with van der Waals surface area (Å²) in [7, 11) is 1.64. The Labute approximate surface area is 172 Å². The molecule has 6 nitrogen and oxygen atoms in total. The number of ether oxygens (including phenoxy) is 1. The molecule has 1 amide bonds. The standard InChI is InChI=1S/C23H29N3O3/c1-23(2,3)13-22(27)26(15-17-7-5-9-19(11-17)28-4)16-20-12-21(25-29-20)18-8-6-10-24-14-18/h5-11,14,20H,12-13,15-16H2,1-4H3. The van der Waals surface area contributed by atoms with E-state index in [9.17, 15) is 4.79 Å². The summed E-state index contributed by atoms with van der Waals surface area (Å²) < 4.78 is 5.32. The van der Waals surface area contributed by atoms with Crippen molar-refractivity contribution in [2.24, 2.45) is 10.6 Å². The molecule has 29 heavy (non-hydrogen) atoms. The predicted octanol–water partition coefficient (Wildman–Crippen LogP) is 4.05. The lowest BCUT2D eigenvalue weighted by molar-refractivity contribution is -0.135. The number of carbonyl (C=O) groups excluding carboxylic acids is 1. The van der Waals surface area contributed by atoms with Gasteiger partial charge >= 0.3 is 0 Å². The maximum absolute atomic E-state index is 13.0. The van der Waals surface area contributed by atoms with Crippen LogP contribution in [0.15, 0.2) is 53.9 Å². The number of benzene rings is 1. The maximum atomic E-state index is 13.0. The zero-order valence-electron chi connectivity index (χ0n) is 17.6. The van der Waals surface area contributed by atoms with Crippen molar-refractivity contribution >= 4 is 11.6 Å². The van der Waals surface area contributed by atoms with Gasteiger partial charge < -0.3 is 14.5 Å². The van der Waals surface area contributed by atoms with E-state index in [1.807, 2.05) is 41.3 Å². The molecule has 1 aliphatic rings. The SMILES string of the molecule is COc1cccc(CN(CC2CC(c3cccnc3)=NO2)C(=O)CC(C)(C)C)c1. The van der Waals surface area contributed by atoms with Gasteiger partial charge in [-0.3, -0.25) is 9.78 Å². The van der Waals surface area contributed by atoms with Crippen LogP contribution in [0.1, 0.15) is 44.7 Å². The predicted molar refractivity (Wildman–Crippen MR) is 113 cm³/mol. The second kappa shape index (κ2) is 9.07. The first kappa shape index (κ1) is 20.8. The monoisotopic (exact) mass is 395 g/mol. The van der Waals surface area contributed by atoms with Crippen LogP contribution in [0.25, 0.3) is 0 Å². The average Bonchev–Trinajstić information content (AvgIpc) is 3.16. The number of rotatable bonds is 7. The highest BCUT2D eigenvalue weighted by Crippen LogP contribution is 2.24. The molecule has 154 valence electrons. The number of carbonyl (C=O) groups is 1. The molecule has 1 unspecified atom stereocenters. The third-order valence-corrected chi connectivity index (χ3v) is 4.69. The van der Waals surface area contributed by atoms with E-state index in [1.54, 1.807) is 19.5 Å². The zero-order chi connectivity index (χ0) is 20.9. The Balaban J connectivity index is 1.70. The summed E-state index contributed by atoms with van der Waals surface area (Å²) in [5, 5.41) is 4.23. The number of methoxy groups -OCH3 is 1. The number of pyridine rings is 1. The minimum atomic E-state index is -0.167. The lowest BCUT2D eigenvalue weighted by Gasteiger charge is -2.28. The van der Waals surface area contributed by atoms with Gasteiger partial charge in [-0.2, -0.15) is 0 Å². The fourth-order valence-corrected chi connectivity index (χ4v) is 3.29. The molecule has 1 aromatic carbocycles. The molecular weight excluding hydrogens is 366 g/mol. The minimum absolute atomic E-state index is 0.0857. The van der Waals surface area contributed by atoms with Gasteiger partial charge in [0.25, 0.3) is 0 Å². The van der Waals surface area contributed by atoms with E-state index in [4.69, 9.17) is 9.57 Å². The molecule has 0 saturated heterocycles. The Hall–Kier alpha value is -2.89. The van der Waals surface area contributed by atoms with Crippen LogP contribution in [0.5, 0.6) is 5.75 Å². The topological polar surface area (TPSA) is 64.0 Å². The normalized spacial score (nSPS) is 16.1. The van der Waals surface area contributed by atoms with Crippen molar-refractivity contribution < 1.29 is 14.4 Å². The Kier molecular flexibility index (Phi) is 6.52. The molecule has 1 aromatic heterocycles. The molecule has 0 saturated carbocycles. The lowest BCUT2D eigenvalue weighted by atomic mass is 9.91. The summed E-state index contributed by atoms with van der Waals surface area (Å²) in [6.07, 6.45) is 4.48. The van der Waals surface area contributed by atoms with Gasteiger partial charge in [0.05, 0.1) is 19.4 Å². The van der Waals surface area contributed by atoms with Gasteiger partial charge in [-0.1, -0.05) is 38.1 Å². The van der Waals surface area contributed by atoms with Crippen LogP contribution in [0.2, 0.25) is 0 Å². The third kappa shape index (κ3) is 6.04. The van der Waals surface area contributed by atoms with Crippen LogP contribution < -0.4 is 4.74 Å². The molecule has 0 spiro atoms. The van der Waals surface area contributed by atoms with Crippen molar-refractivity contribution in [2.45, 2.75) is 46.3 Å². The largest absolute Gasteiger partial charge is 0.497 e. The van der Waals surface area contributed by atoms with E-state index in [2.05, 4.69) is 30.9 Å². The van der Waals surface area contributed by atoms with E-state index < -0.39 is 0 Å². The summed E-state index contributed by atoms with van der Waals surface area (Å²) in [4.78, 5) is 24.7. The fraction of sp³-hybridized carbons (Fsp3) is 0.435. The molecule has 2 aromatic rings. The van der Waals surface area contributed by atoms with Gasteiger partial charge in [0.1, 0.15) is 5.75 Å². The number of hydrogen-bond acceptors (Lipinski definition) is 5. The Bertz CT molecular complexity index is 859. The van der Waals surface area contributed by atoms with Crippen LogP contribution >= 0.6 is 0 Å². The zero-order valence-corrected chi connectivity index (χ0v) is 17.6. The summed E-state index contributed by atoms with van der Waals surface area (Å²) in [6, 6.07) is 11.7. The number of amides is 1. The first-order valence-electron chi connectivity index (χ1n) is 9.88. The Morgan fingerprint density at radius 1 is 1.28 bits per heavy atom. The summed E-state index contributed by atoms with van der Waals surface area (Å²) >= 11 is 0. The Morgan fingerprint density at radius 2 is 2.10 bits per heavy atom. The molecule has 0 N–H and O–H groups in total. The lowest BCUT2D eigenvalue weighted by Crippen LogP contribution is -2.38. The van der Waals surface area contributed by atoms with E-state index >= 15 is 0 Å². The first-order chi connectivity index (χ1) is 13.8. The molecule has 0 radical (unpaired) electrons. The van der Waals surface area contributed by atoms with E-state index in [0.29, 0.717) is 25.9 Å². The molecule has 0 fully saturated rings. The summed E-state index contributed by atoms with van der Waals surface area (Å²) in [6.45, 7) is 7.21. The number of nitrogens with zero attached hydrogens (tertiary/aromatic N) is 3. The average molecular weight is 396 g/mol. The highest BCUT2D eigenvalue weighted by Gasteiger charge is 2.28. The van der Waals surface area contributed by atoms with Crippen LogP contribution in [0.3, 0.4) is 0 Å². The van der Waals surface area contributed by atoms with Gasteiger partial charge in [0, 0.05) is 37.3 Å². The van der Waals surface area contributed by atoms with E-state index in [-0.39, 0.29) is 17.4 Å². The molecule has 0 aliphatic carbocycles. The van der Waals surface area contributed by atoms with E-state index in [1.165, 1.54) is 0 Å². The quantitative estimate of drug-likeness (QED) is 0.710. The minimum Gasteiger partial charge on any atom is -0.497 e. The van der Waals surface area contributed by atoms with Crippen molar-refractivity contribution in [3.63, 3.8) is 0 Å². The second-order valence-electron chi connectivity index (χ2n) is 8.57. The number of hydrogen-bond donors (Lipinski definition) is 0. The van der Waals surface area contributed by atoms with Crippen molar-refractivity contribution in [3.05, 3.63) is 59.9 Å². The van der Waals surface area contributed by atoms with Gasteiger partial charge in [0.2, 0.25) is 5.91 Å². The maximum Gasteiger partial charge on any atom is 0.223 e. The van der Waals surface area contributed by atoms with Crippen molar-refractivity contribution in [1.29, 1.82) is 0 Å². The second-order valence-corrected chi connectivity index (χ2v) is 8.57. The highest BCUT2D eigenvalue weighted by atomic mass is 16.6. The Morgan fingerprint density at radius 3 is 2.79 bits per heavy atom. The van der Waals surface area contributed by atoms with Gasteiger partial charge in [-0.25, -0.2) is 0 Å². The molecular formula is C23H29N3O3. The number of oxime groups is 1. The summed E-state index contributed by atoms with van der Waals surface area (Å²) in [5.41, 5.74) is 2.76. The smallest absolute Gasteiger partial charge is 0.223 e. The first-order valence-corrected chi connectivity index (χ1v) is 9.88. The van der Waals surface area contributed by atoms with Crippen LogP contribution in [-0.4, -0.2) is 41.3 Å². The molecule has 3 rings (SSSR count). The molecule has 0 bridgehead atoms. The number of aromatic nitrogens is 1. The molecule has 1 atom stereocenters. The van der Waals surface area contributed by atoms with Gasteiger partial charge in [-0.15, -0.1) is 0 Å². The van der Waals surface area contributed by atoms with Crippen molar-refractivity contribution in [1.82, 2.24) is 9.88 Å². The van der Waals surface area contributed by atoms with Gasteiger partial charge in [0.15, 0.2) is 6.10 Å². The van der Waals surface area contributed by atoms with Crippen molar-refractivity contribution in [3.8, 4) is 5.75 Å². The van der Waals surface area contributed by atoms with Crippen molar-refractivity contribution in [2.75, 3.05) is 13.7 Å². The van der Waals surface area contributed by atoms with Crippen LogP contribution in [0.4, 0.5) is 0 Å². The van der Waals surface area contributed by atoms with E-state index in [0.717, 1.165) is 22.6 Å². The summed E-state index contributed by atoms with van der Waals surface area (Å²) in [5.74, 6) is 0.892. The molecule has 2 heterocycles. The van der Waals surface area contributed by atoms with Crippen LogP contribution in [0, 0.1) is 5.41 Å². The highest BCUT2D eigenvalue weighted by molar-refractivity contribution is 6.01.